The Kier molecular flexibility index (Phi) is 7.11. The molecule has 2 heterocycles. The Hall–Kier alpha value is -1.80. The molecule has 176 valence electrons. The van der Waals surface area contributed by atoms with Gasteiger partial charge in [-0.3, -0.25) is 14.4 Å². The van der Waals surface area contributed by atoms with Crippen LogP contribution in [0.3, 0.4) is 0 Å². The van der Waals surface area contributed by atoms with E-state index in [9.17, 15) is 9.18 Å². The van der Waals surface area contributed by atoms with Crippen molar-refractivity contribution in [1.29, 1.82) is 0 Å². The van der Waals surface area contributed by atoms with E-state index in [1.807, 2.05) is 22.5 Å². The number of nitrogens with zero attached hydrogens (tertiary/aromatic N) is 2. The van der Waals surface area contributed by atoms with E-state index in [2.05, 4.69) is 15.7 Å². The Labute approximate surface area is 203 Å². The molecule has 2 aliphatic heterocycles. The number of amides is 1. The van der Waals surface area contributed by atoms with Crippen LogP contribution in [0.4, 0.5) is 4.39 Å². The number of ether oxygens (including phenoxy) is 1. The van der Waals surface area contributed by atoms with Crippen LogP contribution in [0, 0.1) is 5.82 Å². The molecule has 2 aromatic carbocycles. The molecule has 33 heavy (non-hydrogen) atoms. The fraction of sp³-hybridized carbons (Fsp3) is 0.480. The molecule has 0 radical (unpaired) electrons. The largest absolute Gasteiger partial charge is 0.489 e. The van der Waals surface area contributed by atoms with Gasteiger partial charge in [0.2, 0.25) is 0 Å². The summed E-state index contributed by atoms with van der Waals surface area (Å²) in [6.45, 7) is 4.43. The van der Waals surface area contributed by atoms with Crippen LogP contribution in [0.1, 0.15) is 59.5 Å². The first kappa shape index (κ1) is 23.0. The van der Waals surface area contributed by atoms with E-state index in [4.69, 9.17) is 16.3 Å². The van der Waals surface area contributed by atoms with E-state index in [-0.39, 0.29) is 17.6 Å². The fourth-order valence-corrected chi connectivity index (χ4v) is 5.36. The Morgan fingerprint density at radius 3 is 2.70 bits per heavy atom. The lowest BCUT2D eigenvalue weighted by molar-refractivity contribution is 0.0832. The molecule has 1 N–H and O–H groups in total. The summed E-state index contributed by atoms with van der Waals surface area (Å²) >= 11 is 7.60. The molecule has 5 rings (SSSR count). The van der Waals surface area contributed by atoms with Gasteiger partial charge < -0.3 is 4.74 Å². The third-order valence-electron chi connectivity index (χ3n) is 6.55. The molecule has 2 saturated heterocycles. The van der Waals surface area contributed by atoms with Crippen LogP contribution >= 0.6 is 23.7 Å². The first-order chi connectivity index (χ1) is 16.1. The minimum absolute atomic E-state index is 0.0141. The number of rotatable bonds is 8. The molecule has 0 aromatic heterocycles. The lowest BCUT2D eigenvalue weighted by Crippen LogP contribution is -2.40. The molecule has 1 amide bonds. The van der Waals surface area contributed by atoms with Crippen molar-refractivity contribution in [3.8, 4) is 5.75 Å². The number of benzene rings is 2. The van der Waals surface area contributed by atoms with Gasteiger partial charge in [0, 0.05) is 49.4 Å². The summed E-state index contributed by atoms with van der Waals surface area (Å²) in [5, 5.41) is 0.778. The summed E-state index contributed by atoms with van der Waals surface area (Å²) in [4.78, 5) is 14.9. The first-order valence-corrected chi connectivity index (χ1v) is 12.9. The van der Waals surface area contributed by atoms with Crippen LogP contribution in [0.25, 0.3) is 0 Å². The average molecular weight is 490 g/mol. The predicted octanol–water partition coefficient (Wildman–Crippen LogP) is 5.40. The van der Waals surface area contributed by atoms with Crippen molar-refractivity contribution in [3.63, 3.8) is 0 Å². The lowest BCUT2D eigenvalue weighted by Gasteiger charge is -2.33. The van der Waals surface area contributed by atoms with Crippen molar-refractivity contribution in [2.45, 2.75) is 50.7 Å². The molecule has 0 spiro atoms. The zero-order valence-electron chi connectivity index (χ0n) is 18.6. The van der Waals surface area contributed by atoms with E-state index in [0.29, 0.717) is 11.7 Å². The van der Waals surface area contributed by atoms with Gasteiger partial charge >= 0.3 is 0 Å². The van der Waals surface area contributed by atoms with Crippen molar-refractivity contribution < 1.29 is 13.9 Å². The Balaban J connectivity index is 1.27. The number of likely N-dealkylation sites (tertiary alicyclic amines) is 1. The zero-order valence-corrected chi connectivity index (χ0v) is 20.1. The molecule has 0 bridgehead atoms. The van der Waals surface area contributed by atoms with Crippen LogP contribution < -0.4 is 9.46 Å². The summed E-state index contributed by atoms with van der Waals surface area (Å²) in [7, 11) is 0. The summed E-state index contributed by atoms with van der Waals surface area (Å²) in [6.07, 6.45) is 5.17. The minimum Gasteiger partial charge on any atom is -0.489 e. The van der Waals surface area contributed by atoms with Crippen LogP contribution in [-0.2, 0) is 6.54 Å². The van der Waals surface area contributed by atoms with E-state index in [1.54, 1.807) is 6.07 Å². The standard InChI is InChI=1S/C25H29ClFN3O2S/c26-22-7-2-1-5-18(22)15-29-10-3-6-19(16-29)32-24-14-23(27)21(13-20(24)17-8-9-17)25(31)28-33-30-11-4-12-30/h1-2,5,7,13-14,17,19H,3-4,6,8-12,15-16H2,(H,28,31)/t19-/m1/s1. The van der Waals surface area contributed by atoms with Gasteiger partial charge in [0.05, 0.1) is 5.56 Å². The third kappa shape index (κ3) is 5.65. The minimum atomic E-state index is -0.528. The number of halogens is 2. The molecule has 5 nitrogen and oxygen atoms in total. The smallest absolute Gasteiger partial charge is 0.265 e. The normalized spacial score (nSPS) is 21.5. The highest BCUT2D eigenvalue weighted by Gasteiger charge is 2.31. The number of piperidine rings is 1. The summed E-state index contributed by atoms with van der Waals surface area (Å²) in [5.74, 6) is 0.0193. The number of carbonyl (C=O) groups is 1. The van der Waals surface area contributed by atoms with E-state index >= 15 is 0 Å². The van der Waals surface area contributed by atoms with Crippen LogP contribution in [0.2, 0.25) is 5.02 Å². The third-order valence-corrected chi connectivity index (χ3v) is 7.82. The molecule has 1 atom stereocenters. The Morgan fingerprint density at radius 2 is 1.97 bits per heavy atom. The fourth-order valence-electron chi connectivity index (χ4n) is 4.40. The van der Waals surface area contributed by atoms with Crippen LogP contribution in [0.5, 0.6) is 5.75 Å². The Bertz CT molecular complexity index is 1020. The maximum atomic E-state index is 15.0. The van der Waals surface area contributed by atoms with Crippen molar-refractivity contribution in [1.82, 2.24) is 13.9 Å². The van der Waals surface area contributed by atoms with E-state index < -0.39 is 5.82 Å². The van der Waals surface area contributed by atoms with Crippen LogP contribution in [0.15, 0.2) is 36.4 Å². The maximum absolute atomic E-state index is 15.0. The number of carbonyl (C=O) groups excluding carboxylic acids is 1. The van der Waals surface area contributed by atoms with E-state index in [0.717, 1.165) is 81.0 Å². The Morgan fingerprint density at radius 1 is 1.15 bits per heavy atom. The zero-order chi connectivity index (χ0) is 22.8. The maximum Gasteiger partial charge on any atom is 0.265 e. The molecule has 1 saturated carbocycles. The number of hydrogen-bond acceptors (Lipinski definition) is 5. The van der Waals surface area contributed by atoms with Crippen LogP contribution in [-0.4, -0.2) is 47.4 Å². The second-order valence-corrected chi connectivity index (χ2v) is 10.5. The monoisotopic (exact) mass is 489 g/mol. The highest BCUT2D eigenvalue weighted by molar-refractivity contribution is 7.95. The van der Waals surface area contributed by atoms with Crippen molar-refractivity contribution in [3.05, 3.63) is 63.9 Å². The summed E-state index contributed by atoms with van der Waals surface area (Å²) in [5.41, 5.74) is 2.16. The van der Waals surface area contributed by atoms with Gasteiger partial charge in [0.1, 0.15) is 17.7 Å². The first-order valence-electron chi connectivity index (χ1n) is 11.7. The molecule has 2 aromatic rings. The second-order valence-electron chi connectivity index (χ2n) is 9.16. The van der Waals surface area contributed by atoms with Gasteiger partial charge in [-0.15, -0.1) is 0 Å². The van der Waals surface area contributed by atoms with Gasteiger partial charge in [-0.2, -0.15) is 0 Å². The SMILES string of the molecule is O=C(NSN1CCC1)c1cc(C2CC2)c(O[C@@H]2CCCN(Cc3ccccc3Cl)C2)cc1F. The predicted molar refractivity (Wildman–Crippen MR) is 130 cm³/mol. The van der Waals surface area contributed by atoms with Gasteiger partial charge in [0.15, 0.2) is 0 Å². The quantitative estimate of drug-likeness (QED) is 0.503. The summed E-state index contributed by atoms with van der Waals surface area (Å²) < 4.78 is 26.1. The number of hydrogen-bond donors (Lipinski definition) is 1. The van der Waals surface area contributed by atoms with Gasteiger partial charge in [-0.25, -0.2) is 8.70 Å². The van der Waals surface area contributed by atoms with Crippen molar-refractivity contribution in [2.24, 2.45) is 0 Å². The number of nitrogens with one attached hydrogen (secondary N) is 1. The highest BCUT2D eigenvalue weighted by Crippen LogP contribution is 2.45. The lowest BCUT2D eigenvalue weighted by atomic mass is 10.0. The molecule has 3 aliphatic rings. The topological polar surface area (TPSA) is 44.8 Å². The second kappa shape index (κ2) is 10.2. The molecule has 1 aliphatic carbocycles. The summed E-state index contributed by atoms with van der Waals surface area (Å²) in [6, 6.07) is 11.0. The molecular formula is C25H29ClFN3O2S. The van der Waals surface area contributed by atoms with Crippen molar-refractivity contribution in [2.75, 3.05) is 26.2 Å². The molecule has 3 fully saturated rings. The molecular weight excluding hydrogens is 461 g/mol. The van der Waals surface area contributed by atoms with Gasteiger partial charge in [-0.1, -0.05) is 29.8 Å². The molecule has 8 heteroatoms. The van der Waals surface area contributed by atoms with Gasteiger partial charge in [-0.05, 0) is 67.8 Å². The van der Waals surface area contributed by atoms with Gasteiger partial charge in [0.25, 0.3) is 5.91 Å². The van der Waals surface area contributed by atoms with Crippen molar-refractivity contribution >= 4 is 29.6 Å². The van der Waals surface area contributed by atoms with E-state index in [1.165, 1.54) is 18.2 Å². The highest BCUT2D eigenvalue weighted by atomic mass is 35.5. The average Bonchev–Trinajstić information content (AvgIpc) is 3.60. The molecule has 0 unspecified atom stereocenters.